The highest BCUT2D eigenvalue weighted by Gasteiger charge is 2.52. The van der Waals surface area contributed by atoms with Crippen molar-refractivity contribution in [1.82, 2.24) is 0 Å². The summed E-state index contributed by atoms with van der Waals surface area (Å²) in [5, 5.41) is 67.4. The van der Waals surface area contributed by atoms with Crippen LogP contribution >= 0.6 is 0 Å². The van der Waals surface area contributed by atoms with E-state index in [0.717, 1.165) is 0 Å². The van der Waals surface area contributed by atoms with Crippen LogP contribution in [0.2, 0.25) is 0 Å². The molecule has 5 atom stereocenters. The SMILES string of the molecule is OC[C@H]1O[C@](O)(CCc2ccc(O)c(O)c2)[C@H](O)[C@@H](O)[C@@H]1O. The van der Waals surface area contributed by atoms with Crippen molar-refractivity contribution in [3.05, 3.63) is 23.8 Å². The van der Waals surface area contributed by atoms with Crippen LogP contribution in [0.25, 0.3) is 0 Å². The Morgan fingerprint density at radius 1 is 1.05 bits per heavy atom. The number of benzene rings is 1. The van der Waals surface area contributed by atoms with Crippen molar-refractivity contribution in [2.45, 2.75) is 43.0 Å². The van der Waals surface area contributed by atoms with Crippen molar-refractivity contribution in [3.8, 4) is 11.5 Å². The van der Waals surface area contributed by atoms with Crippen LogP contribution in [-0.4, -0.2) is 72.6 Å². The number of aryl methyl sites for hydroxylation is 1. The average molecular weight is 316 g/mol. The zero-order chi connectivity index (χ0) is 16.5. The van der Waals surface area contributed by atoms with Gasteiger partial charge in [0.15, 0.2) is 17.3 Å². The molecule has 1 aliphatic rings. The second-order valence-corrected chi connectivity index (χ2v) is 5.43. The highest BCUT2D eigenvalue weighted by molar-refractivity contribution is 5.40. The van der Waals surface area contributed by atoms with Crippen LogP contribution in [0.3, 0.4) is 0 Å². The number of aliphatic hydroxyl groups is 5. The fourth-order valence-electron chi connectivity index (χ4n) is 2.48. The molecule has 0 spiro atoms. The van der Waals surface area contributed by atoms with E-state index in [1.54, 1.807) is 0 Å². The third kappa shape index (κ3) is 3.17. The van der Waals surface area contributed by atoms with E-state index in [2.05, 4.69) is 0 Å². The molecule has 0 radical (unpaired) electrons. The number of phenolic OH excluding ortho intramolecular Hbond substituents is 2. The molecule has 0 bridgehead atoms. The van der Waals surface area contributed by atoms with Gasteiger partial charge in [-0.1, -0.05) is 6.07 Å². The molecule has 0 amide bonds. The maximum Gasteiger partial charge on any atom is 0.195 e. The summed E-state index contributed by atoms with van der Waals surface area (Å²) in [6.07, 6.45) is -6.16. The largest absolute Gasteiger partial charge is 0.504 e. The molecule has 1 fully saturated rings. The van der Waals surface area contributed by atoms with E-state index >= 15 is 0 Å². The van der Waals surface area contributed by atoms with Gasteiger partial charge in [-0.25, -0.2) is 0 Å². The van der Waals surface area contributed by atoms with Crippen LogP contribution in [0.4, 0.5) is 0 Å². The lowest BCUT2D eigenvalue weighted by Gasteiger charge is -2.45. The first-order chi connectivity index (χ1) is 10.3. The van der Waals surface area contributed by atoms with E-state index in [9.17, 15) is 30.6 Å². The fraction of sp³-hybridized carbons (Fsp3) is 0.571. The lowest BCUT2D eigenvalue weighted by molar-refractivity contribution is -0.351. The van der Waals surface area contributed by atoms with Gasteiger partial charge in [-0.3, -0.25) is 0 Å². The van der Waals surface area contributed by atoms with E-state index < -0.39 is 36.8 Å². The van der Waals surface area contributed by atoms with Crippen LogP contribution in [0.1, 0.15) is 12.0 Å². The number of aromatic hydroxyl groups is 2. The standard InChI is InChI=1S/C14H20O8/c15-6-10-11(18)12(19)13(20)14(21,22-10)4-3-7-1-2-8(16)9(17)5-7/h1-2,5,10-13,15-21H,3-4,6H2/t10-,11-,12+,13-,14-/m1/s1. The summed E-state index contributed by atoms with van der Waals surface area (Å²) in [6.45, 7) is -0.632. The number of rotatable bonds is 4. The molecule has 0 aromatic heterocycles. The lowest BCUT2D eigenvalue weighted by atomic mass is 9.89. The van der Waals surface area contributed by atoms with Crippen LogP contribution < -0.4 is 0 Å². The summed E-state index contributed by atoms with van der Waals surface area (Å²) in [6, 6.07) is 4.09. The van der Waals surface area contributed by atoms with E-state index in [1.807, 2.05) is 0 Å². The van der Waals surface area contributed by atoms with Crippen molar-refractivity contribution in [2.24, 2.45) is 0 Å². The topological polar surface area (TPSA) is 151 Å². The molecule has 1 aromatic rings. The van der Waals surface area contributed by atoms with Gasteiger partial charge in [-0.2, -0.15) is 0 Å². The summed E-state index contributed by atoms with van der Waals surface area (Å²) in [7, 11) is 0. The third-order valence-electron chi connectivity index (χ3n) is 3.86. The zero-order valence-electron chi connectivity index (χ0n) is 11.7. The maximum atomic E-state index is 10.3. The van der Waals surface area contributed by atoms with Crippen molar-refractivity contribution >= 4 is 0 Å². The molecule has 0 saturated carbocycles. The molecular weight excluding hydrogens is 296 g/mol. The van der Waals surface area contributed by atoms with Crippen molar-refractivity contribution in [3.63, 3.8) is 0 Å². The lowest BCUT2D eigenvalue weighted by Crippen LogP contribution is -2.65. The number of ether oxygens (including phenoxy) is 1. The Labute approximate surface area is 126 Å². The summed E-state index contributed by atoms with van der Waals surface area (Å²) in [5.41, 5.74) is 0.556. The summed E-state index contributed by atoms with van der Waals surface area (Å²) < 4.78 is 5.13. The first kappa shape index (κ1) is 16.9. The second kappa shape index (κ2) is 6.37. The van der Waals surface area contributed by atoms with E-state index in [4.69, 9.17) is 9.84 Å². The predicted octanol–water partition coefficient (Wildman–Crippen LogP) is -1.81. The molecule has 8 heteroatoms. The molecule has 0 aliphatic carbocycles. The van der Waals surface area contributed by atoms with Gasteiger partial charge in [0, 0.05) is 6.42 Å². The predicted molar refractivity (Wildman–Crippen MR) is 73.0 cm³/mol. The minimum Gasteiger partial charge on any atom is -0.504 e. The van der Waals surface area contributed by atoms with E-state index in [0.29, 0.717) is 5.56 Å². The molecule has 1 aromatic carbocycles. The average Bonchev–Trinajstić information content (AvgIpc) is 2.50. The molecule has 2 rings (SSSR count). The van der Waals surface area contributed by atoms with Crippen LogP contribution in [0, 0.1) is 0 Å². The number of aliphatic hydroxyl groups excluding tert-OH is 4. The Morgan fingerprint density at radius 3 is 2.32 bits per heavy atom. The third-order valence-corrected chi connectivity index (χ3v) is 3.86. The molecule has 0 unspecified atom stereocenters. The quantitative estimate of drug-likeness (QED) is 0.321. The van der Waals surface area contributed by atoms with Crippen molar-refractivity contribution in [2.75, 3.05) is 6.61 Å². The van der Waals surface area contributed by atoms with Crippen molar-refractivity contribution < 1.29 is 40.5 Å². The monoisotopic (exact) mass is 316 g/mol. The summed E-state index contributed by atoms with van der Waals surface area (Å²) in [4.78, 5) is 0. The molecule has 22 heavy (non-hydrogen) atoms. The molecule has 1 aliphatic heterocycles. The Morgan fingerprint density at radius 2 is 1.73 bits per heavy atom. The van der Waals surface area contributed by atoms with Crippen LogP contribution in [0.5, 0.6) is 11.5 Å². The molecule has 8 nitrogen and oxygen atoms in total. The van der Waals surface area contributed by atoms with Gasteiger partial charge < -0.3 is 40.5 Å². The number of phenols is 2. The molecular formula is C14H20O8. The highest BCUT2D eigenvalue weighted by atomic mass is 16.7. The van der Waals surface area contributed by atoms with Gasteiger partial charge >= 0.3 is 0 Å². The number of hydrogen-bond donors (Lipinski definition) is 7. The molecule has 1 saturated heterocycles. The Bertz CT molecular complexity index is 520. The maximum absolute atomic E-state index is 10.3. The first-order valence-corrected chi connectivity index (χ1v) is 6.84. The molecule has 7 N–H and O–H groups in total. The normalized spacial score (nSPS) is 35.5. The smallest absolute Gasteiger partial charge is 0.195 e. The Balaban J connectivity index is 2.10. The first-order valence-electron chi connectivity index (χ1n) is 6.84. The number of hydrogen-bond acceptors (Lipinski definition) is 8. The van der Waals surface area contributed by atoms with E-state index in [-0.39, 0.29) is 24.3 Å². The van der Waals surface area contributed by atoms with E-state index in [1.165, 1.54) is 18.2 Å². The second-order valence-electron chi connectivity index (χ2n) is 5.43. The van der Waals surface area contributed by atoms with Gasteiger partial charge in [-0.05, 0) is 24.1 Å². The molecule has 1 heterocycles. The Hall–Kier alpha value is -1.42. The van der Waals surface area contributed by atoms with Gasteiger partial charge in [-0.15, -0.1) is 0 Å². The van der Waals surface area contributed by atoms with Crippen LogP contribution in [-0.2, 0) is 11.2 Å². The fourth-order valence-corrected chi connectivity index (χ4v) is 2.48. The van der Waals surface area contributed by atoms with Gasteiger partial charge in [0.25, 0.3) is 0 Å². The zero-order valence-corrected chi connectivity index (χ0v) is 11.7. The highest BCUT2D eigenvalue weighted by Crippen LogP contribution is 2.33. The minimum atomic E-state index is -2.15. The molecule has 124 valence electrons. The summed E-state index contributed by atoms with van der Waals surface area (Å²) in [5.74, 6) is -2.76. The van der Waals surface area contributed by atoms with Gasteiger partial charge in [0.05, 0.1) is 6.61 Å². The summed E-state index contributed by atoms with van der Waals surface area (Å²) >= 11 is 0. The van der Waals surface area contributed by atoms with Crippen molar-refractivity contribution in [1.29, 1.82) is 0 Å². The minimum absolute atomic E-state index is 0.154. The van der Waals surface area contributed by atoms with Crippen LogP contribution in [0.15, 0.2) is 18.2 Å². The van der Waals surface area contributed by atoms with Gasteiger partial charge in [0.1, 0.15) is 24.4 Å². The Kier molecular flexibility index (Phi) is 4.90. The van der Waals surface area contributed by atoms with Gasteiger partial charge in [0.2, 0.25) is 0 Å².